The number of hydrogen-bond acceptors (Lipinski definition) is 4. The number of nitrogens with one attached hydrogen (secondary N) is 1. The first-order chi connectivity index (χ1) is 8.86. The van der Waals surface area contributed by atoms with E-state index in [1.807, 2.05) is 0 Å². The van der Waals surface area contributed by atoms with Crippen molar-refractivity contribution in [2.75, 3.05) is 33.4 Å². The maximum Gasteiger partial charge on any atom is 0.0936 e. The number of rotatable bonds is 3. The van der Waals surface area contributed by atoms with Gasteiger partial charge in [-0.25, -0.2) is 0 Å². The van der Waals surface area contributed by atoms with Gasteiger partial charge in [-0.2, -0.15) is 0 Å². The van der Waals surface area contributed by atoms with Gasteiger partial charge in [-0.05, 0) is 32.7 Å². The summed E-state index contributed by atoms with van der Waals surface area (Å²) in [6.07, 6.45) is 7.05. The van der Waals surface area contributed by atoms with Crippen molar-refractivity contribution in [2.24, 2.45) is 0 Å². The Hall–Kier alpha value is -0.160. The average molecular weight is 254 g/mol. The molecule has 1 N–H and O–H groups in total. The van der Waals surface area contributed by atoms with E-state index in [-0.39, 0.29) is 0 Å². The summed E-state index contributed by atoms with van der Waals surface area (Å²) in [6, 6.07) is 2.25. The van der Waals surface area contributed by atoms with Gasteiger partial charge in [0.1, 0.15) is 0 Å². The SMILES string of the molecule is CNC1CC2CCCC(C1)N2CC1COCCO1. The van der Waals surface area contributed by atoms with Gasteiger partial charge >= 0.3 is 0 Å². The molecule has 104 valence electrons. The van der Waals surface area contributed by atoms with Crippen molar-refractivity contribution in [1.29, 1.82) is 0 Å². The third kappa shape index (κ3) is 2.72. The van der Waals surface area contributed by atoms with Crippen molar-refractivity contribution in [1.82, 2.24) is 10.2 Å². The van der Waals surface area contributed by atoms with Gasteiger partial charge in [-0.15, -0.1) is 0 Å². The highest BCUT2D eigenvalue weighted by molar-refractivity contribution is 4.95. The highest BCUT2D eigenvalue weighted by atomic mass is 16.6. The molecule has 0 radical (unpaired) electrons. The Labute approximate surface area is 110 Å². The Morgan fingerprint density at radius 3 is 2.56 bits per heavy atom. The second-order valence-electron chi connectivity index (χ2n) is 5.96. The minimum Gasteiger partial charge on any atom is -0.376 e. The van der Waals surface area contributed by atoms with Gasteiger partial charge in [-0.1, -0.05) is 6.42 Å². The molecule has 3 aliphatic rings. The van der Waals surface area contributed by atoms with Crippen LogP contribution in [0, 0.1) is 0 Å². The standard InChI is InChI=1S/C14H26N2O2/c1-15-11-7-12-3-2-4-13(8-11)16(12)9-14-10-17-5-6-18-14/h11-15H,2-10H2,1H3. The van der Waals surface area contributed by atoms with Gasteiger partial charge in [0.05, 0.1) is 25.9 Å². The van der Waals surface area contributed by atoms with Gasteiger partial charge in [0.2, 0.25) is 0 Å². The zero-order chi connectivity index (χ0) is 12.4. The van der Waals surface area contributed by atoms with Crippen LogP contribution in [0.2, 0.25) is 0 Å². The van der Waals surface area contributed by atoms with E-state index in [9.17, 15) is 0 Å². The summed E-state index contributed by atoms with van der Waals surface area (Å²) in [5, 5.41) is 3.47. The molecule has 3 fully saturated rings. The van der Waals surface area contributed by atoms with E-state index in [1.165, 1.54) is 32.1 Å². The molecule has 4 nitrogen and oxygen atoms in total. The Bertz CT molecular complexity index is 255. The molecule has 0 aromatic carbocycles. The molecule has 0 amide bonds. The Kier molecular flexibility index (Phi) is 4.19. The molecule has 3 heterocycles. The van der Waals surface area contributed by atoms with Gasteiger partial charge in [-0.3, -0.25) is 4.90 Å². The van der Waals surface area contributed by atoms with Crippen LogP contribution in [0.5, 0.6) is 0 Å². The van der Waals surface area contributed by atoms with Crippen LogP contribution in [0.15, 0.2) is 0 Å². The molecule has 18 heavy (non-hydrogen) atoms. The quantitative estimate of drug-likeness (QED) is 0.815. The van der Waals surface area contributed by atoms with Crippen LogP contribution in [0.3, 0.4) is 0 Å². The Morgan fingerprint density at radius 1 is 1.17 bits per heavy atom. The summed E-state index contributed by atoms with van der Waals surface area (Å²) in [6.45, 7) is 3.40. The second kappa shape index (κ2) is 5.87. The summed E-state index contributed by atoms with van der Waals surface area (Å²) in [5.74, 6) is 0. The lowest BCUT2D eigenvalue weighted by atomic mass is 9.81. The van der Waals surface area contributed by atoms with Gasteiger partial charge < -0.3 is 14.8 Å². The molecule has 0 aromatic rings. The largest absolute Gasteiger partial charge is 0.376 e. The summed E-state index contributed by atoms with van der Waals surface area (Å²) in [4.78, 5) is 2.72. The molecular weight excluding hydrogens is 228 g/mol. The predicted molar refractivity (Wildman–Crippen MR) is 70.8 cm³/mol. The van der Waals surface area contributed by atoms with Crippen molar-refractivity contribution < 1.29 is 9.47 Å². The zero-order valence-electron chi connectivity index (χ0n) is 11.4. The minimum atomic E-state index is 0.299. The van der Waals surface area contributed by atoms with E-state index in [0.717, 1.165) is 44.5 Å². The van der Waals surface area contributed by atoms with Crippen LogP contribution in [-0.2, 0) is 9.47 Å². The third-order valence-electron chi connectivity index (χ3n) is 4.83. The fourth-order valence-electron chi connectivity index (χ4n) is 3.89. The molecule has 3 unspecified atom stereocenters. The van der Waals surface area contributed by atoms with Crippen LogP contribution >= 0.6 is 0 Å². The average Bonchev–Trinajstić information content (AvgIpc) is 2.39. The van der Waals surface area contributed by atoms with Crippen LogP contribution in [-0.4, -0.2) is 62.5 Å². The van der Waals surface area contributed by atoms with Crippen molar-refractivity contribution in [3.8, 4) is 0 Å². The number of ether oxygens (including phenoxy) is 2. The highest BCUT2D eigenvalue weighted by Gasteiger charge is 2.38. The van der Waals surface area contributed by atoms with E-state index in [4.69, 9.17) is 9.47 Å². The molecule has 0 aliphatic carbocycles. The molecule has 0 saturated carbocycles. The summed E-state index contributed by atoms with van der Waals surface area (Å²) >= 11 is 0. The molecule has 3 rings (SSSR count). The van der Waals surface area contributed by atoms with Crippen molar-refractivity contribution in [2.45, 2.75) is 56.3 Å². The van der Waals surface area contributed by atoms with E-state index >= 15 is 0 Å². The fourth-order valence-corrected chi connectivity index (χ4v) is 3.89. The van der Waals surface area contributed by atoms with Gasteiger partial charge in [0, 0.05) is 24.7 Å². The van der Waals surface area contributed by atoms with Crippen molar-refractivity contribution >= 4 is 0 Å². The van der Waals surface area contributed by atoms with Crippen LogP contribution in [0.4, 0.5) is 0 Å². The summed E-state index contributed by atoms with van der Waals surface area (Å²) in [7, 11) is 2.11. The number of hydrogen-bond donors (Lipinski definition) is 1. The van der Waals surface area contributed by atoms with Gasteiger partial charge in [0.25, 0.3) is 0 Å². The molecule has 0 spiro atoms. The van der Waals surface area contributed by atoms with E-state index < -0.39 is 0 Å². The highest BCUT2D eigenvalue weighted by Crippen LogP contribution is 2.34. The van der Waals surface area contributed by atoms with Crippen molar-refractivity contribution in [3.63, 3.8) is 0 Å². The third-order valence-corrected chi connectivity index (χ3v) is 4.83. The fraction of sp³-hybridized carbons (Fsp3) is 1.00. The van der Waals surface area contributed by atoms with E-state index in [1.54, 1.807) is 0 Å². The Morgan fingerprint density at radius 2 is 1.94 bits per heavy atom. The lowest BCUT2D eigenvalue weighted by Crippen LogP contribution is -2.58. The first-order valence-corrected chi connectivity index (χ1v) is 7.49. The first kappa shape index (κ1) is 12.9. The second-order valence-corrected chi connectivity index (χ2v) is 5.96. The molecule has 3 saturated heterocycles. The Balaban J connectivity index is 1.60. The smallest absolute Gasteiger partial charge is 0.0936 e. The number of nitrogens with zero attached hydrogens (tertiary/aromatic N) is 1. The molecule has 0 aromatic heterocycles. The van der Waals surface area contributed by atoms with Crippen LogP contribution in [0.1, 0.15) is 32.1 Å². The molecule has 2 bridgehead atoms. The molecular formula is C14H26N2O2. The molecule has 3 atom stereocenters. The van der Waals surface area contributed by atoms with Crippen LogP contribution in [0.25, 0.3) is 0 Å². The van der Waals surface area contributed by atoms with Crippen LogP contribution < -0.4 is 5.32 Å². The molecule has 4 heteroatoms. The number of piperidine rings is 2. The maximum atomic E-state index is 5.82. The van der Waals surface area contributed by atoms with Crippen molar-refractivity contribution in [3.05, 3.63) is 0 Å². The minimum absolute atomic E-state index is 0.299. The molecule has 3 aliphatic heterocycles. The lowest BCUT2D eigenvalue weighted by Gasteiger charge is -2.50. The summed E-state index contributed by atoms with van der Waals surface area (Å²) < 4.78 is 11.3. The van der Waals surface area contributed by atoms with Gasteiger partial charge in [0.15, 0.2) is 0 Å². The number of fused-ring (bicyclic) bond motifs is 2. The summed E-state index contributed by atoms with van der Waals surface area (Å²) in [5.41, 5.74) is 0. The zero-order valence-corrected chi connectivity index (χ0v) is 11.4. The first-order valence-electron chi connectivity index (χ1n) is 7.49. The van der Waals surface area contributed by atoms with E-state index in [0.29, 0.717) is 6.10 Å². The van der Waals surface area contributed by atoms with E-state index in [2.05, 4.69) is 17.3 Å². The topological polar surface area (TPSA) is 33.7 Å². The monoisotopic (exact) mass is 254 g/mol. The maximum absolute atomic E-state index is 5.82. The lowest BCUT2D eigenvalue weighted by molar-refractivity contribution is -0.113. The predicted octanol–water partition coefficient (Wildman–Crippen LogP) is 1.01. The normalized spacial score (nSPS) is 41.8.